The van der Waals surface area contributed by atoms with Crippen LogP contribution in [-0.2, 0) is 0 Å². The molecule has 22 heavy (non-hydrogen) atoms. The molecule has 1 nitrogen and oxygen atoms in total. The van der Waals surface area contributed by atoms with E-state index in [9.17, 15) is 4.39 Å². The van der Waals surface area contributed by atoms with Crippen molar-refractivity contribution in [3.8, 4) is 0 Å². The summed E-state index contributed by atoms with van der Waals surface area (Å²) in [6.45, 7) is 2.78. The van der Waals surface area contributed by atoms with Crippen molar-refractivity contribution in [2.75, 3.05) is 13.1 Å². The molecular weight excluding hydrogens is 273 g/mol. The molecule has 0 aromatic heterocycles. The highest BCUT2D eigenvalue weighted by Crippen LogP contribution is 2.45. The Morgan fingerprint density at radius 2 is 1.50 bits per heavy atom. The standard InChI is InChI=1S/C20H34FN/c21-17-10-7-15(8-11-17)14-22-13-3-6-19-18-5-2-1-4-16(18)9-12-20(19)22/h15-20H,1-14H2/p+1. The van der Waals surface area contributed by atoms with E-state index in [0.29, 0.717) is 0 Å². The fraction of sp³-hybridized carbons (Fsp3) is 1.00. The predicted molar refractivity (Wildman–Crippen MR) is 88.7 cm³/mol. The van der Waals surface area contributed by atoms with Crippen LogP contribution in [0.4, 0.5) is 4.39 Å². The zero-order valence-corrected chi connectivity index (χ0v) is 14.2. The van der Waals surface area contributed by atoms with E-state index in [0.717, 1.165) is 55.4 Å². The van der Waals surface area contributed by atoms with Gasteiger partial charge in [0.1, 0.15) is 6.17 Å². The topological polar surface area (TPSA) is 4.44 Å². The Labute approximate surface area is 136 Å². The van der Waals surface area contributed by atoms with Gasteiger partial charge in [-0.15, -0.1) is 0 Å². The second-order valence-corrected chi connectivity index (χ2v) is 8.93. The molecule has 1 aliphatic heterocycles. The first-order valence-electron chi connectivity index (χ1n) is 10.3. The molecule has 1 saturated heterocycles. The van der Waals surface area contributed by atoms with Crippen LogP contribution < -0.4 is 4.90 Å². The van der Waals surface area contributed by atoms with E-state index < -0.39 is 6.17 Å². The lowest BCUT2D eigenvalue weighted by molar-refractivity contribution is -0.940. The maximum Gasteiger partial charge on any atom is 0.100 e. The number of nitrogens with one attached hydrogen (secondary N) is 1. The third-order valence-corrected chi connectivity index (χ3v) is 7.77. The fourth-order valence-corrected chi connectivity index (χ4v) is 6.69. The monoisotopic (exact) mass is 308 g/mol. The molecule has 0 bridgehead atoms. The molecule has 5 unspecified atom stereocenters. The first-order chi connectivity index (χ1) is 10.8. The van der Waals surface area contributed by atoms with E-state index in [1.807, 2.05) is 4.90 Å². The van der Waals surface area contributed by atoms with Crippen molar-refractivity contribution in [1.29, 1.82) is 0 Å². The molecule has 2 heteroatoms. The van der Waals surface area contributed by atoms with Gasteiger partial charge >= 0.3 is 0 Å². The van der Waals surface area contributed by atoms with E-state index >= 15 is 0 Å². The number of likely N-dealkylation sites (tertiary alicyclic amines) is 1. The van der Waals surface area contributed by atoms with Gasteiger partial charge in [-0.1, -0.05) is 19.3 Å². The number of fused-ring (bicyclic) bond motifs is 3. The number of alkyl halides is 1. The van der Waals surface area contributed by atoms with Crippen LogP contribution in [0.15, 0.2) is 0 Å². The molecule has 4 aliphatic rings. The van der Waals surface area contributed by atoms with Crippen LogP contribution in [0.5, 0.6) is 0 Å². The summed E-state index contributed by atoms with van der Waals surface area (Å²) < 4.78 is 13.4. The molecule has 3 aliphatic carbocycles. The van der Waals surface area contributed by atoms with Crippen molar-refractivity contribution in [2.24, 2.45) is 23.7 Å². The Bertz CT molecular complexity index is 363. The van der Waals surface area contributed by atoms with Crippen molar-refractivity contribution in [1.82, 2.24) is 0 Å². The van der Waals surface area contributed by atoms with E-state index in [1.54, 1.807) is 0 Å². The molecule has 0 aromatic rings. The lowest BCUT2D eigenvalue weighted by Gasteiger charge is -2.50. The van der Waals surface area contributed by atoms with Crippen LogP contribution in [0.2, 0.25) is 0 Å². The molecule has 3 saturated carbocycles. The molecule has 126 valence electrons. The zero-order valence-electron chi connectivity index (χ0n) is 14.2. The number of hydrogen-bond acceptors (Lipinski definition) is 0. The summed E-state index contributed by atoms with van der Waals surface area (Å²) in [5.74, 6) is 4.02. The smallest absolute Gasteiger partial charge is 0.100 e. The highest BCUT2D eigenvalue weighted by atomic mass is 19.1. The van der Waals surface area contributed by atoms with E-state index in [-0.39, 0.29) is 0 Å². The Kier molecular flexibility index (Phi) is 4.76. The molecule has 0 spiro atoms. The second kappa shape index (κ2) is 6.79. The Morgan fingerprint density at radius 3 is 2.36 bits per heavy atom. The van der Waals surface area contributed by atoms with Gasteiger partial charge in [-0.25, -0.2) is 4.39 Å². The molecule has 5 atom stereocenters. The van der Waals surface area contributed by atoms with Crippen LogP contribution >= 0.6 is 0 Å². The number of quaternary nitrogens is 1. The Hall–Kier alpha value is -0.110. The summed E-state index contributed by atoms with van der Waals surface area (Å²) in [6.07, 6.45) is 15.6. The largest absolute Gasteiger partial charge is 0.332 e. The van der Waals surface area contributed by atoms with Crippen LogP contribution in [0.25, 0.3) is 0 Å². The second-order valence-electron chi connectivity index (χ2n) is 8.93. The average Bonchev–Trinajstić information content (AvgIpc) is 2.57. The van der Waals surface area contributed by atoms with Gasteiger partial charge in [0.2, 0.25) is 0 Å². The van der Waals surface area contributed by atoms with Crippen LogP contribution in [0.1, 0.15) is 77.0 Å². The Morgan fingerprint density at radius 1 is 0.727 bits per heavy atom. The SMILES string of the molecule is FC1CCC(C[NH+]2CCCC3C4CCCCC4CCC32)CC1. The van der Waals surface area contributed by atoms with Gasteiger partial charge in [0.25, 0.3) is 0 Å². The summed E-state index contributed by atoms with van der Waals surface area (Å²) in [5.41, 5.74) is 0. The molecule has 1 N–H and O–H groups in total. The number of hydrogen-bond donors (Lipinski definition) is 1. The summed E-state index contributed by atoms with van der Waals surface area (Å²) >= 11 is 0. The van der Waals surface area contributed by atoms with Crippen LogP contribution in [0.3, 0.4) is 0 Å². The lowest BCUT2D eigenvalue weighted by atomic mass is 9.61. The van der Waals surface area contributed by atoms with Crippen molar-refractivity contribution in [3.63, 3.8) is 0 Å². The number of piperidine rings is 1. The van der Waals surface area contributed by atoms with Crippen molar-refractivity contribution in [2.45, 2.75) is 89.3 Å². The van der Waals surface area contributed by atoms with Crippen LogP contribution in [0, 0.1) is 23.7 Å². The normalized spacial score (nSPS) is 49.2. The highest BCUT2D eigenvalue weighted by molar-refractivity contribution is 4.91. The first-order valence-corrected chi connectivity index (χ1v) is 10.3. The van der Waals surface area contributed by atoms with Gasteiger partial charge in [0, 0.05) is 11.8 Å². The summed E-state index contributed by atoms with van der Waals surface area (Å²) in [7, 11) is 0. The highest BCUT2D eigenvalue weighted by Gasteiger charge is 2.46. The van der Waals surface area contributed by atoms with Crippen LogP contribution in [-0.4, -0.2) is 25.3 Å². The predicted octanol–water partition coefficient (Wildman–Crippen LogP) is 3.78. The summed E-state index contributed by atoms with van der Waals surface area (Å²) in [6, 6.07) is 0.969. The lowest BCUT2D eigenvalue weighted by Crippen LogP contribution is -3.18. The van der Waals surface area contributed by atoms with Crippen molar-refractivity contribution in [3.05, 3.63) is 0 Å². The molecule has 0 amide bonds. The Balaban J connectivity index is 1.39. The fourth-order valence-electron chi connectivity index (χ4n) is 6.69. The first kappa shape index (κ1) is 15.4. The van der Waals surface area contributed by atoms with E-state index in [2.05, 4.69) is 0 Å². The van der Waals surface area contributed by atoms with Gasteiger partial charge in [-0.05, 0) is 69.6 Å². The number of halogens is 1. The summed E-state index contributed by atoms with van der Waals surface area (Å²) in [5, 5.41) is 0. The molecular formula is C20H35FN+. The van der Waals surface area contributed by atoms with Crippen molar-refractivity contribution >= 4 is 0 Å². The molecule has 4 fully saturated rings. The molecule has 0 aromatic carbocycles. The minimum absolute atomic E-state index is 0.488. The zero-order chi connectivity index (χ0) is 14.9. The van der Waals surface area contributed by atoms with Gasteiger partial charge in [0.05, 0.1) is 19.1 Å². The molecule has 1 heterocycles. The molecule has 4 rings (SSSR count). The average molecular weight is 309 g/mol. The van der Waals surface area contributed by atoms with Gasteiger partial charge in [0.15, 0.2) is 0 Å². The quantitative estimate of drug-likeness (QED) is 0.792. The van der Waals surface area contributed by atoms with Gasteiger partial charge in [-0.2, -0.15) is 0 Å². The van der Waals surface area contributed by atoms with E-state index in [4.69, 9.17) is 0 Å². The maximum atomic E-state index is 13.4. The minimum atomic E-state index is -0.488. The van der Waals surface area contributed by atoms with Gasteiger partial charge < -0.3 is 4.90 Å². The molecule has 0 radical (unpaired) electrons. The maximum absolute atomic E-state index is 13.4. The minimum Gasteiger partial charge on any atom is -0.332 e. The van der Waals surface area contributed by atoms with E-state index in [1.165, 1.54) is 64.5 Å². The number of rotatable bonds is 2. The summed E-state index contributed by atoms with van der Waals surface area (Å²) in [4.78, 5) is 1.93. The van der Waals surface area contributed by atoms with Gasteiger partial charge in [-0.3, -0.25) is 0 Å². The van der Waals surface area contributed by atoms with Crippen molar-refractivity contribution < 1.29 is 9.29 Å². The third kappa shape index (κ3) is 3.09. The third-order valence-electron chi connectivity index (χ3n) is 7.77.